The first-order valence-electron chi connectivity index (χ1n) is 8.15. The van der Waals surface area contributed by atoms with E-state index in [4.69, 9.17) is 0 Å². The van der Waals surface area contributed by atoms with Gasteiger partial charge in [0.2, 0.25) is 0 Å². The van der Waals surface area contributed by atoms with E-state index < -0.39 is 12.2 Å². The molecule has 0 radical (unpaired) electrons. The average Bonchev–Trinajstić information content (AvgIpc) is 2.63. The van der Waals surface area contributed by atoms with Crippen LogP contribution in [0.1, 0.15) is 17.2 Å². The Morgan fingerprint density at radius 2 is 1.42 bits per heavy atom. The molecule has 4 aromatic carbocycles. The Kier molecular flexibility index (Phi) is 2.81. The fourth-order valence-corrected chi connectivity index (χ4v) is 3.88. The van der Waals surface area contributed by atoms with Crippen molar-refractivity contribution in [3.8, 4) is 0 Å². The third kappa shape index (κ3) is 1.78. The normalized spacial score (nSPS) is 19.9. The van der Waals surface area contributed by atoms with Gasteiger partial charge in [0.05, 0.1) is 0 Å². The van der Waals surface area contributed by atoms with Gasteiger partial charge in [-0.3, -0.25) is 0 Å². The van der Waals surface area contributed by atoms with E-state index >= 15 is 0 Å². The van der Waals surface area contributed by atoms with Crippen LogP contribution in [-0.4, -0.2) is 16.3 Å². The van der Waals surface area contributed by atoms with Crippen LogP contribution < -0.4 is 0 Å². The summed E-state index contributed by atoms with van der Waals surface area (Å²) >= 11 is 0. The van der Waals surface area contributed by atoms with Crippen molar-refractivity contribution in [1.29, 1.82) is 0 Å². The van der Waals surface area contributed by atoms with Crippen molar-refractivity contribution in [2.75, 3.05) is 0 Å². The van der Waals surface area contributed by atoms with Crippen LogP contribution in [0.15, 0.2) is 66.7 Å². The van der Waals surface area contributed by atoms with Crippen LogP contribution in [0.4, 0.5) is 0 Å². The predicted molar refractivity (Wildman–Crippen MR) is 99.0 cm³/mol. The Morgan fingerprint density at radius 1 is 0.667 bits per heavy atom. The molecule has 0 heterocycles. The molecule has 0 fully saturated rings. The maximum atomic E-state index is 10.3. The van der Waals surface area contributed by atoms with Gasteiger partial charge in [0.25, 0.3) is 0 Å². The number of fused-ring (bicyclic) bond motifs is 7. The Balaban J connectivity index is 1.97. The Bertz CT molecular complexity index is 1140. The number of benzene rings is 4. The van der Waals surface area contributed by atoms with Crippen molar-refractivity contribution in [2.45, 2.75) is 12.2 Å². The van der Waals surface area contributed by atoms with Crippen LogP contribution in [-0.2, 0) is 0 Å². The minimum absolute atomic E-state index is 0.789. The zero-order valence-electron chi connectivity index (χ0n) is 13.0. The van der Waals surface area contributed by atoms with Crippen LogP contribution in [0.2, 0.25) is 0 Å². The fraction of sp³-hybridized carbons (Fsp3) is 0.0909. The zero-order chi connectivity index (χ0) is 16.3. The predicted octanol–water partition coefficient (Wildman–Crippen LogP) is 4.57. The first-order valence-corrected chi connectivity index (χ1v) is 8.15. The lowest BCUT2D eigenvalue weighted by molar-refractivity contribution is 0.0471. The molecular formula is C22H16O2. The zero-order valence-corrected chi connectivity index (χ0v) is 13.0. The van der Waals surface area contributed by atoms with Gasteiger partial charge in [-0.2, -0.15) is 0 Å². The second-order valence-electron chi connectivity index (χ2n) is 6.41. The number of aliphatic hydroxyl groups is 2. The Morgan fingerprint density at radius 3 is 2.33 bits per heavy atom. The van der Waals surface area contributed by atoms with Gasteiger partial charge in [0.15, 0.2) is 0 Å². The highest BCUT2D eigenvalue weighted by atomic mass is 16.3. The van der Waals surface area contributed by atoms with Gasteiger partial charge in [0, 0.05) is 0 Å². The van der Waals surface area contributed by atoms with Crippen molar-refractivity contribution in [3.05, 3.63) is 77.9 Å². The minimum atomic E-state index is -0.863. The summed E-state index contributed by atoms with van der Waals surface area (Å²) in [7, 11) is 0. The molecule has 2 heteroatoms. The summed E-state index contributed by atoms with van der Waals surface area (Å²) in [4.78, 5) is 0. The van der Waals surface area contributed by atoms with Gasteiger partial charge in [-0.15, -0.1) is 0 Å². The van der Waals surface area contributed by atoms with Gasteiger partial charge < -0.3 is 10.2 Å². The van der Waals surface area contributed by atoms with E-state index in [9.17, 15) is 10.2 Å². The van der Waals surface area contributed by atoms with Gasteiger partial charge in [-0.25, -0.2) is 0 Å². The Labute approximate surface area is 139 Å². The second-order valence-corrected chi connectivity index (χ2v) is 6.41. The maximum Gasteiger partial charge on any atom is 0.109 e. The largest absolute Gasteiger partial charge is 0.386 e. The summed E-state index contributed by atoms with van der Waals surface area (Å²) in [5, 5.41) is 27.3. The van der Waals surface area contributed by atoms with Crippen LogP contribution in [0, 0.1) is 0 Å². The summed E-state index contributed by atoms with van der Waals surface area (Å²) in [5.74, 6) is 0. The third-order valence-electron chi connectivity index (χ3n) is 5.08. The van der Waals surface area contributed by atoms with E-state index in [1.54, 1.807) is 6.08 Å². The van der Waals surface area contributed by atoms with E-state index in [0.29, 0.717) is 0 Å². The van der Waals surface area contributed by atoms with Gasteiger partial charge >= 0.3 is 0 Å². The highest BCUT2D eigenvalue weighted by Crippen LogP contribution is 2.38. The van der Waals surface area contributed by atoms with Crippen LogP contribution >= 0.6 is 0 Å². The van der Waals surface area contributed by atoms with Crippen LogP contribution in [0.5, 0.6) is 0 Å². The molecule has 4 aromatic rings. The quantitative estimate of drug-likeness (QED) is 0.467. The van der Waals surface area contributed by atoms with Crippen molar-refractivity contribution in [1.82, 2.24) is 0 Å². The summed E-state index contributed by atoms with van der Waals surface area (Å²) in [6.45, 7) is 0. The topological polar surface area (TPSA) is 40.5 Å². The van der Waals surface area contributed by atoms with Crippen molar-refractivity contribution < 1.29 is 10.2 Å². The maximum absolute atomic E-state index is 10.3. The number of aliphatic hydroxyl groups excluding tert-OH is 2. The molecule has 1 aliphatic carbocycles. The van der Waals surface area contributed by atoms with E-state index in [1.165, 1.54) is 26.9 Å². The van der Waals surface area contributed by atoms with E-state index in [0.717, 1.165) is 16.5 Å². The molecule has 2 atom stereocenters. The van der Waals surface area contributed by atoms with E-state index in [1.807, 2.05) is 12.1 Å². The molecule has 1 aliphatic rings. The third-order valence-corrected chi connectivity index (χ3v) is 5.08. The molecule has 0 aliphatic heterocycles. The average molecular weight is 312 g/mol. The van der Waals surface area contributed by atoms with E-state index in [2.05, 4.69) is 54.6 Å². The molecule has 0 bridgehead atoms. The molecule has 24 heavy (non-hydrogen) atoms. The first kappa shape index (κ1) is 13.7. The van der Waals surface area contributed by atoms with Crippen molar-refractivity contribution >= 4 is 38.4 Å². The lowest BCUT2D eigenvalue weighted by Crippen LogP contribution is -2.19. The lowest BCUT2D eigenvalue weighted by Gasteiger charge is -2.23. The molecule has 2 N–H and O–H groups in total. The molecule has 0 spiro atoms. The second kappa shape index (κ2) is 4.91. The van der Waals surface area contributed by atoms with Gasteiger partial charge in [-0.1, -0.05) is 72.8 Å². The highest BCUT2D eigenvalue weighted by Gasteiger charge is 2.23. The first-order chi connectivity index (χ1) is 11.7. The molecule has 116 valence electrons. The SMILES string of the molecule is OC1C=Cc2c(ccc3c2ccc2ccc4ccccc4c23)C1O. The summed E-state index contributed by atoms with van der Waals surface area (Å²) in [6, 6.07) is 21.0. The standard InChI is InChI=1S/C22H16O2/c23-20-12-11-17-16-8-7-14-6-5-13-3-1-2-4-15(13)21(14)18(16)9-10-19(17)22(20)24/h1-12,20,22-24H. The van der Waals surface area contributed by atoms with Crippen molar-refractivity contribution in [2.24, 2.45) is 0 Å². The van der Waals surface area contributed by atoms with E-state index in [-0.39, 0.29) is 0 Å². The monoisotopic (exact) mass is 312 g/mol. The van der Waals surface area contributed by atoms with Gasteiger partial charge in [0.1, 0.15) is 12.2 Å². The lowest BCUT2D eigenvalue weighted by atomic mass is 9.87. The molecule has 0 aromatic heterocycles. The van der Waals surface area contributed by atoms with Crippen LogP contribution in [0.3, 0.4) is 0 Å². The smallest absolute Gasteiger partial charge is 0.109 e. The fourth-order valence-electron chi connectivity index (χ4n) is 3.88. The van der Waals surface area contributed by atoms with Crippen LogP contribution in [0.25, 0.3) is 38.4 Å². The highest BCUT2D eigenvalue weighted by molar-refractivity contribution is 6.21. The molecule has 0 saturated heterocycles. The summed E-state index contributed by atoms with van der Waals surface area (Å²) in [5.41, 5.74) is 1.79. The summed E-state index contributed by atoms with van der Waals surface area (Å²) in [6.07, 6.45) is 1.89. The van der Waals surface area contributed by atoms with Gasteiger partial charge in [-0.05, 0) is 43.4 Å². The minimum Gasteiger partial charge on any atom is -0.386 e. The van der Waals surface area contributed by atoms with Crippen molar-refractivity contribution in [3.63, 3.8) is 0 Å². The molecular weight excluding hydrogens is 296 g/mol. The molecule has 5 rings (SSSR count). The number of rotatable bonds is 0. The molecule has 2 unspecified atom stereocenters. The molecule has 0 amide bonds. The molecule has 2 nitrogen and oxygen atoms in total. The summed E-state index contributed by atoms with van der Waals surface area (Å²) < 4.78 is 0. The number of hydrogen-bond donors (Lipinski definition) is 2. The number of hydrogen-bond acceptors (Lipinski definition) is 2. The molecule has 0 saturated carbocycles. The Hall–Kier alpha value is -2.68.